The van der Waals surface area contributed by atoms with Crippen LogP contribution in [0.1, 0.15) is 24.2 Å². The quantitative estimate of drug-likeness (QED) is 0.571. The molecule has 1 aromatic carbocycles. The summed E-state index contributed by atoms with van der Waals surface area (Å²) in [6.07, 6.45) is -0.677. The summed E-state index contributed by atoms with van der Waals surface area (Å²) >= 11 is 0. The molecule has 19 heavy (non-hydrogen) atoms. The smallest absolute Gasteiger partial charge is 0.373 e. The average molecular weight is 267 g/mol. The molecule has 0 fully saturated rings. The van der Waals surface area contributed by atoms with Crippen molar-refractivity contribution in [1.29, 1.82) is 0 Å². The lowest BCUT2D eigenvalue weighted by molar-refractivity contribution is -0.254. The lowest BCUT2D eigenvalue weighted by Crippen LogP contribution is -2.34. The second-order valence-corrected chi connectivity index (χ2v) is 4.16. The number of hydrogen-bond acceptors (Lipinski definition) is 5. The number of aliphatic hydroxyl groups excluding tert-OH is 1. The summed E-state index contributed by atoms with van der Waals surface area (Å²) < 4.78 is 0. The zero-order chi connectivity index (χ0) is 14.1. The van der Waals surface area contributed by atoms with Gasteiger partial charge in [0.15, 0.2) is 0 Å². The highest BCUT2D eigenvalue weighted by atomic mass is 17.2. The first-order valence-electron chi connectivity index (χ1n) is 6.46. The Labute approximate surface area is 113 Å². The van der Waals surface area contributed by atoms with Gasteiger partial charge in [0.25, 0.3) is 0 Å². The SMILES string of the molecule is CCN(CC)CC(O)COOC(=O)c1ccccc1. The molecular formula is C14H21NO4. The molecule has 0 aliphatic heterocycles. The maximum absolute atomic E-state index is 11.5. The zero-order valence-corrected chi connectivity index (χ0v) is 11.4. The standard InChI is InChI=1S/C14H21NO4/c1-3-15(4-2)10-13(16)11-18-19-14(17)12-8-6-5-7-9-12/h5-9,13,16H,3-4,10-11H2,1-2H3. The number of nitrogens with zero attached hydrogens (tertiary/aromatic N) is 1. The summed E-state index contributed by atoms with van der Waals surface area (Å²) in [7, 11) is 0. The van der Waals surface area contributed by atoms with E-state index in [1.165, 1.54) is 0 Å². The van der Waals surface area contributed by atoms with Crippen LogP contribution in [0.3, 0.4) is 0 Å². The number of hydrogen-bond donors (Lipinski definition) is 1. The first-order valence-corrected chi connectivity index (χ1v) is 6.46. The highest BCUT2D eigenvalue weighted by Gasteiger charge is 2.12. The number of carbonyl (C=O) groups excluding carboxylic acids is 1. The molecular weight excluding hydrogens is 246 g/mol. The van der Waals surface area contributed by atoms with Gasteiger partial charge in [0.05, 0.1) is 11.7 Å². The first kappa shape index (κ1) is 15.6. The summed E-state index contributed by atoms with van der Waals surface area (Å²) in [5.41, 5.74) is 0.417. The van der Waals surface area contributed by atoms with Gasteiger partial charge in [0, 0.05) is 6.54 Å². The number of aliphatic hydroxyl groups is 1. The maximum atomic E-state index is 11.5. The van der Waals surface area contributed by atoms with Gasteiger partial charge in [-0.25, -0.2) is 4.79 Å². The summed E-state index contributed by atoms with van der Waals surface area (Å²) in [5, 5.41) is 9.71. The van der Waals surface area contributed by atoms with Gasteiger partial charge in [-0.05, 0) is 25.2 Å². The number of carbonyl (C=O) groups is 1. The van der Waals surface area contributed by atoms with Gasteiger partial charge in [-0.2, -0.15) is 4.89 Å². The van der Waals surface area contributed by atoms with E-state index in [1.54, 1.807) is 24.3 Å². The predicted octanol–water partition coefficient (Wildman–Crippen LogP) is 1.48. The second kappa shape index (κ2) is 8.63. The van der Waals surface area contributed by atoms with Gasteiger partial charge in [0.2, 0.25) is 0 Å². The molecule has 0 saturated heterocycles. The van der Waals surface area contributed by atoms with Crippen LogP contribution in [-0.4, -0.2) is 48.3 Å². The van der Waals surface area contributed by atoms with Gasteiger partial charge in [-0.15, -0.1) is 0 Å². The molecule has 1 N–H and O–H groups in total. The second-order valence-electron chi connectivity index (χ2n) is 4.16. The van der Waals surface area contributed by atoms with Crippen molar-refractivity contribution in [2.75, 3.05) is 26.2 Å². The topological polar surface area (TPSA) is 59.0 Å². The molecule has 1 atom stereocenters. The summed E-state index contributed by atoms with van der Waals surface area (Å²) in [6, 6.07) is 8.57. The van der Waals surface area contributed by atoms with Crippen molar-refractivity contribution in [3.63, 3.8) is 0 Å². The van der Waals surface area contributed by atoms with E-state index >= 15 is 0 Å². The van der Waals surface area contributed by atoms with Crippen LogP contribution in [0.5, 0.6) is 0 Å². The Balaban J connectivity index is 2.25. The highest BCUT2D eigenvalue weighted by Crippen LogP contribution is 2.02. The Kier molecular flexibility index (Phi) is 7.10. The van der Waals surface area contributed by atoms with Crippen LogP contribution in [-0.2, 0) is 9.78 Å². The van der Waals surface area contributed by atoms with Crippen molar-refractivity contribution in [3.8, 4) is 0 Å². The third-order valence-corrected chi connectivity index (χ3v) is 2.77. The van der Waals surface area contributed by atoms with E-state index in [9.17, 15) is 9.90 Å². The monoisotopic (exact) mass is 267 g/mol. The number of likely N-dealkylation sites (N-methyl/N-ethyl adjacent to an activating group) is 1. The molecule has 1 rings (SSSR count). The Morgan fingerprint density at radius 2 is 1.89 bits per heavy atom. The molecule has 0 amide bonds. The number of rotatable bonds is 8. The Hall–Kier alpha value is -1.43. The molecule has 0 bridgehead atoms. The lowest BCUT2D eigenvalue weighted by atomic mass is 10.2. The maximum Gasteiger partial charge on any atom is 0.373 e. The van der Waals surface area contributed by atoms with Crippen LogP contribution >= 0.6 is 0 Å². The average Bonchev–Trinajstić information content (AvgIpc) is 2.45. The fourth-order valence-electron chi connectivity index (χ4n) is 1.62. The van der Waals surface area contributed by atoms with Crippen molar-refractivity contribution >= 4 is 5.97 Å². The molecule has 0 heterocycles. The molecule has 0 radical (unpaired) electrons. The van der Waals surface area contributed by atoms with E-state index in [0.717, 1.165) is 13.1 Å². The van der Waals surface area contributed by atoms with E-state index in [1.807, 2.05) is 19.9 Å². The minimum absolute atomic E-state index is 0.0327. The zero-order valence-electron chi connectivity index (χ0n) is 11.4. The Morgan fingerprint density at radius 1 is 1.26 bits per heavy atom. The lowest BCUT2D eigenvalue weighted by Gasteiger charge is -2.21. The first-order chi connectivity index (χ1) is 9.17. The van der Waals surface area contributed by atoms with Crippen molar-refractivity contribution in [1.82, 2.24) is 4.90 Å². The molecule has 5 nitrogen and oxygen atoms in total. The molecule has 0 aliphatic rings. The van der Waals surface area contributed by atoms with Crippen LogP contribution < -0.4 is 0 Å². The molecule has 0 spiro atoms. The Bertz CT molecular complexity index is 365. The van der Waals surface area contributed by atoms with E-state index in [4.69, 9.17) is 4.89 Å². The van der Waals surface area contributed by atoms with E-state index in [-0.39, 0.29) is 6.61 Å². The molecule has 1 aromatic rings. The summed E-state index contributed by atoms with van der Waals surface area (Å²) in [6.45, 7) is 6.22. The van der Waals surface area contributed by atoms with Crippen LogP contribution in [0.15, 0.2) is 30.3 Å². The highest BCUT2D eigenvalue weighted by molar-refractivity contribution is 5.88. The third kappa shape index (κ3) is 5.83. The van der Waals surface area contributed by atoms with Crippen molar-refractivity contribution in [2.45, 2.75) is 20.0 Å². The van der Waals surface area contributed by atoms with Crippen LogP contribution in [0.4, 0.5) is 0 Å². The van der Waals surface area contributed by atoms with Crippen molar-refractivity contribution in [3.05, 3.63) is 35.9 Å². The summed E-state index contributed by atoms with van der Waals surface area (Å²) in [4.78, 5) is 23.0. The van der Waals surface area contributed by atoms with E-state index in [0.29, 0.717) is 12.1 Å². The minimum atomic E-state index is -0.677. The van der Waals surface area contributed by atoms with Gasteiger partial charge >= 0.3 is 5.97 Å². The van der Waals surface area contributed by atoms with Crippen molar-refractivity contribution < 1.29 is 19.7 Å². The predicted molar refractivity (Wildman–Crippen MR) is 71.6 cm³/mol. The summed E-state index contributed by atoms with van der Waals surface area (Å²) in [5.74, 6) is -0.560. The Morgan fingerprint density at radius 3 is 2.47 bits per heavy atom. The third-order valence-electron chi connectivity index (χ3n) is 2.77. The van der Waals surface area contributed by atoms with Crippen LogP contribution in [0.2, 0.25) is 0 Å². The molecule has 0 aliphatic carbocycles. The fraction of sp³-hybridized carbons (Fsp3) is 0.500. The van der Waals surface area contributed by atoms with Gasteiger partial charge in [-0.1, -0.05) is 32.0 Å². The minimum Gasteiger partial charge on any atom is -0.389 e. The van der Waals surface area contributed by atoms with Gasteiger partial charge in [-0.3, -0.25) is 4.89 Å². The molecule has 0 saturated carbocycles. The van der Waals surface area contributed by atoms with Gasteiger partial charge in [0.1, 0.15) is 6.61 Å². The van der Waals surface area contributed by atoms with E-state index < -0.39 is 12.1 Å². The number of benzene rings is 1. The molecule has 1 unspecified atom stereocenters. The molecule has 106 valence electrons. The largest absolute Gasteiger partial charge is 0.389 e. The van der Waals surface area contributed by atoms with E-state index in [2.05, 4.69) is 9.79 Å². The van der Waals surface area contributed by atoms with Crippen LogP contribution in [0.25, 0.3) is 0 Å². The molecule has 5 heteroatoms. The van der Waals surface area contributed by atoms with Crippen molar-refractivity contribution in [2.24, 2.45) is 0 Å². The normalized spacial score (nSPS) is 12.4. The molecule has 0 aromatic heterocycles. The van der Waals surface area contributed by atoms with Crippen LogP contribution in [0, 0.1) is 0 Å². The fourth-order valence-corrected chi connectivity index (χ4v) is 1.62. The van der Waals surface area contributed by atoms with Gasteiger partial charge < -0.3 is 10.0 Å².